The lowest BCUT2D eigenvalue weighted by Gasteiger charge is -2.12. The second kappa shape index (κ2) is 10.6. The summed E-state index contributed by atoms with van der Waals surface area (Å²) >= 11 is 6.20. The van der Waals surface area contributed by atoms with Crippen LogP contribution in [-0.2, 0) is 17.9 Å². The summed E-state index contributed by atoms with van der Waals surface area (Å²) in [6.45, 7) is 7.68. The number of halogens is 1. The molecular weight excluding hydrogens is 360 g/mol. The molecule has 0 aliphatic rings. The molecule has 0 aromatic heterocycles. The van der Waals surface area contributed by atoms with Gasteiger partial charge in [-0.05, 0) is 36.2 Å². The number of nitrogens with zero attached hydrogens (tertiary/aromatic N) is 1. The van der Waals surface area contributed by atoms with E-state index in [1.54, 1.807) is 0 Å². The Morgan fingerprint density at radius 3 is 2.41 bits per heavy atom. The highest BCUT2D eigenvalue weighted by Crippen LogP contribution is 2.14. The number of aliphatic imine (C=N–C) groups is 1. The molecule has 3 N–H and O–H groups in total. The van der Waals surface area contributed by atoms with Gasteiger partial charge in [-0.2, -0.15) is 0 Å². The Bertz CT molecular complexity index is 772. The zero-order chi connectivity index (χ0) is 19.6. The zero-order valence-electron chi connectivity index (χ0n) is 16.1. The molecule has 0 atom stereocenters. The minimum Gasteiger partial charge on any atom is -0.357 e. The van der Waals surface area contributed by atoms with Gasteiger partial charge < -0.3 is 16.0 Å². The van der Waals surface area contributed by atoms with Gasteiger partial charge >= 0.3 is 0 Å². The van der Waals surface area contributed by atoms with Crippen molar-refractivity contribution in [2.45, 2.75) is 33.9 Å². The minimum atomic E-state index is -0.0406. The average molecular weight is 387 g/mol. The molecule has 0 radical (unpaired) electrons. The van der Waals surface area contributed by atoms with Crippen molar-refractivity contribution < 1.29 is 4.79 Å². The Labute approximate surface area is 166 Å². The first-order valence-electron chi connectivity index (χ1n) is 9.15. The van der Waals surface area contributed by atoms with Crippen LogP contribution in [0.15, 0.2) is 53.5 Å². The molecule has 2 aromatic carbocycles. The Morgan fingerprint density at radius 1 is 1.07 bits per heavy atom. The van der Waals surface area contributed by atoms with Gasteiger partial charge in [0.15, 0.2) is 5.96 Å². The molecule has 0 aliphatic carbocycles. The number of rotatable bonds is 7. The average Bonchev–Trinajstić information content (AvgIpc) is 2.66. The number of carbonyl (C=O) groups is 1. The maximum atomic E-state index is 11.7. The van der Waals surface area contributed by atoms with Crippen molar-refractivity contribution in [1.82, 2.24) is 10.6 Å². The fourth-order valence-electron chi connectivity index (χ4n) is 2.31. The molecule has 27 heavy (non-hydrogen) atoms. The SMILES string of the molecule is CCNC(=NCc1ccc(NC(=O)C(C)C)cc1)NCc1ccccc1Cl. The molecular formula is C21H27ClN4O. The number of hydrogen-bond donors (Lipinski definition) is 3. The van der Waals surface area contributed by atoms with Gasteiger partial charge in [0.2, 0.25) is 5.91 Å². The second-order valence-electron chi connectivity index (χ2n) is 6.48. The lowest BCUT2D eigenvalue weighted by Crippen LogP contribution is -2.36. The van der Waals surface area contributed by atoms with Crippen molar-refractivity contribution in [2.24, 2.45) is 10.9 Å². The van der Waals surface area contributed by atoms with Crippen LogP contribution in [0.5, 0.6) is 0 Å². The van der Waals surface area contributed by atoms with Gasteiger partial charge in [0, 0.05) is 29.7 Å². The highest BCUT2D eigenvalue weighted by molar-refractivity contribution is 6.31. The van der Waals surface area contributed by atoms with Crippen molar-refractivity contribution in [3.63, 3.8) is 0 Å². The lowest BCUT2D eigenvalue weighted by molar-refractivity contribution is -0.118. The van der Waals surface area contributed by atoms with Crippen LogP contribution in [0.4, 0.5) is 5.69 Å². The van der Waals surface area contributed by atoms with Gasteiger partial charge in [-0.1, -0.05) is 55.8 Å². The molecule has 2 aromatic rings. The first-order chi connectivity index (χ1) is 13.0. The van der Waals surface area contributed by atoms with E-state index in [0.29, 0.717) is 13.1 Å². The smallest absolute Gasteiger partial charge is 0.226 e. The highest BCUT2D eigenvalue weighted by atomic mass is 35.5. The molecule has 0 bridgehead atoms. The zero-order valence-corrected chi connectivity index (χ0v) is 16.8. The first-order valence-corrected chi connectivity index (χ1v) is 9.52. The van der Waals surface area contributed by atoms with Gasteiger partial charge in [0.1, 0.15) is 0 Å². The van der Waals surface area contributed by atoms with E-state index in [2.05, 4.69) is 20.9 Å². The Balaban J connectivity index is 1.95. The van der Waals surface area contributed by atoms with Crippen molar-refractivity contribution >= 4 is 29.2 Å². The number of anilines is 1. The van der Waals surface area contributed by atoms with Crippen LogP contribution >= 0.6 is 11.6 Å². The van der Waals surface area contributed by atoms with Gasteiger partial charge in [-0.3, -0.25) is 4.79 Å². The highest BCUT2D eigenvalue weighted by Gasteiger charge is 2.07. The van der Waals surface area contributed by atoms with E-state index in [1.165, 1.54) is 0 Å². The van der Waals surface area contributed by atoms with Crippen molar-refractivity contribution in [3.8, 4) is 0 Å². The van der Waals surface area contributed by atoms with E-state index in [-0.39, 0.29) is 11.8 Å². The summed E-state index contributed by atoms with van der Waals surface area (Å²) in [5, 5.41) is 10.1. The standard InChI is InChI=1S/C21H27ClN4O/c1-4-23-21(25-14-17-7-5-6-8-19(17)22)24-13-16-9-11-18(12-10-16)26-20(27)15(2)3/h5-12,15H,4,13-14H2,1-3H3,(H,26,27)(H2,23,24,25). The molecule has 0 aliphatic heterocycles. The molecule has 1 amide bonds. The predicted octanol–water partition coefficient (Wildman–Crippen LogP) is 4.19. The van der Waals surface area contributed by atoms with Crippen molar-refractivity contribution in [3.05, 3.63) is 64.7 Å². The molecule has 6 heteroatoms. The third-order valence-corrected chi connectivity index (χ3v) is 4.28. The summed E-state index contributed by atoms with van der Waals surface area (Å²) in [5.41, 5.74) is 2.88. The van der Waals surface area contributed by atoms with Crippen LogP contribution in [0, 0.1) is 5.92 Å². The molecule has 0 saturated heterocycles. The summed E-state index contributed by atoms with van der Waals surface area (Å²) in [5.74, 6) is 0.703. The Kier molecular flexibility index (Phi) is 8.14. The molecule has 0 unspecified atom stereocenters. The van der Waals surface area contributed by atoms with Crippen LogP contribution in [0.25, 0.3) is 0 Å². The van der Waals surface area contributed by atoms with E-state index in [1.807, 2.05) is 69.3 Å². The molecule has 2 rings (SSSR count). The monoisotopic (exact) mass is 386 g/mol. The number of benzene rings is 2. The van der Waals surface area contributed by atoms with Gasteiger partial charge in [0.25, 0.3) is 0 Å². The summed E-state index contributed by atoms with van der Waals surface area (Å²) < 4.78 is 0. The largest absolute Gasteiger partial charge is 0.357 e. The molecule has 144 valence electrons. The summed E-state index contributed by atoms with van der Waals surface area (Å²) in [6.07, 6.45) is 0. The number of guanidine groups is 1. The van der Waals surface area contributed by atoms with Crippen LogP contribution in [0.2, 0.25) is 5.02 Å². The summed E-state index contributed by atoms with van der Waals surface area (Å²) in [7, 11) is 0. The van der Waals surface area contributed by atoms with Crippen molar-refractivity contribution in [1.29, 1.82) is 0 Å². The molecule has 0 spiro atoms. The van der Waals surface area contributed by atoms with E-state index >= 15 is 0 Å². The van der Waals surface area contributed by atoms with Crippen LogP contribution < -0.4 is 16.0 Å². The normalized spacial score (nSPS) is 11.4. The van der Waals surface area contributed by atoms with Crippen LogP contribution in [-0.4, -0.2) is 18.4 Å². The maximum Gasteiger partial charge on any atom is 0.226 e. The number of amides is 1. The predicted molar refractivity (Wildman–Crippen MR) is 113 cm³/mol. The molecule has 5 nitrogen and oxygen atoms in total. The second-order valence-corrected chi connectivity index (χ2v) is 6.89. The third kappa shape index (κ3) is 6.94. The Hall–Kier alpha value is -2.53. The van der Waals surface area contributed by atoms with E-state index < -0.39 is 0 Å². The first kappa shape index (κ1) is 20.8. The molecule has 0 heterocycles. The Morgan fingerprint density at radius 2 is 1.78 bits per heavy atom. The van der Waals surface area contributed by atoms with E-state index in [9.17, 15) is 4.79 Å². The minimum absolute atomic E-state index is 0.0129. The van der Waals surface area contributed by atoms with Crippen LogP contribution in [0.3, 0.4) is 0 Å². The fraction of sp³-hybridized carbons (Fsp3) is 0.333. The summed E-state index contributed by atoms with van der Waals surface area (Å²) in [4.78, 5) is 16.3. The number of nitrogens with one attached hydrogen (secondary N) is 3. The third-order valence-electron chi connectivity index (χ3n) is 3.91. The topological polar surface area (TPSA) is 65.5 Å². The maximum absolute atomic E-state index is 11.7. The molecule has 0 fully saturated rings. The lowest BCUT2D eigenvalue weighted by atomic mass is 10.2. The number of hydrogen-bond acceptors (Lipinski definition) is 2. The summed E-state index contributed by atoms with van der Waals surface area (Å²) in [6, 6.07) is 15.5. The van der Waals surface area contributed by atoms with Crippen LogP contribution in [0.1, 0.15) is 31.9 Å². The van der Waals surface area contributed by atoms with Gasteiger partial charge in [-0.25, -0.2) is 4.99 Å². The fourth-order valence-corrected chi connectivity index (χ4v) is 2.52. The van der Waals surface area contributed by atoms with Crippen molar-refractivity contribution in [2.75, 3.05) is 11.9 Å². The van der Waals surface area contributed by atoms with E-state index in [4.69, 9.17) is 11.6 Å². The quantitative estimate of drug-likeness (QED) is 0.493. The van der Waals surface area contributed by atoms with E-state index in [0.717, 1.165) is 34.3 Å². The van der Waals surface area contributed by atoms with Gasteiger partial charge in [-0.15, -0.1) is 0 Å². The number of carbonyl (C=O) groups excluding carboxylic acids is 1. The van der Waals surface area contributed by atoms with Gasteiger partial charge in [0.05, 0.1) is 6.54 Å². The molecule has 0 saturated carbocycles.